The number of fused-ring (bicyclic) bond motifs is 33. The Balaban J connectivity index is 0.000000106. The third-order valence-electron chi connectivity index (χ3n) is 30.1. The van der Waals surface area contributed by atoms with Gasteiger partial charge in [0.25, 0.3) is 0 Å². The van der Waals surface area contributed by atoms with Crippen LogP contribution in [0.25, 0.3) is 211 Å². The smallest absolute Gasteiger partial charge is 0.238 e. The second-order valence-electron chi connectivity index (χ2n) is 39.3. The predicted molar refractivity (Wildman–Crippen MR) is 589 cm³/mol. The Hall–Kier alpha value is -18.1. The minimum absolute atomic E-state index is 0.0302. The summed E-state index contributed by atoms with van der Waals surface area (Å²) in [4.78, 5) is 42.4. The Bertz CT molecular complexity index is 9530. The van der Waals surface area contributed by atoms with Crippen LogP contribution in [0.3, 0.4) is 0 Å². The van der Waals surface area contributed by atoms with Crippen molar-refractivity contribution in [3.63, 3.8) is 0 Å². The third-order valence-corrected chi connectivity index (χ3v) is 31.3. The summed E-state index contributed by atoms with van der Waals surface area (Å²) in [5.74, 6) is 6.13. The van der Waals surface area contributed by atoms with Crippen molar-refractivity contribution in [1.82, 2.24) is 44.0 Å². The van der Waals surface area contributed by atoms with Crippen LogP contribution in [-0.4, -0.2) is 44.0 Å². The SMILES string of the molecule is CC1(C)C2=C(c3ccccc31)N(c1nc(-c3ccccc3)nc(-c3ccccc3)n1)c1c(n(-c3ccccc3)c3ccccc13)-c1oc3ccccc3c12.CC1(C)c2ccccc2-c2c(-c3ccc4c(c3)C(C)(C)c3ccc5ccccc5c3-c3nc5ccccc5n3-4)cccc21.c1ccc(-c2nc(-c3ccccc3)nc(N3c4ccc5ccccc5c4-c4sc5ccccc5c4-c4oc5ccccc5c43)n2)cc1. The molecule has 5 aliphatic rings. The van der Waals surface area contributed by atoms with Crippen LogP contribution in [0.5, 0.6) is 0 Å². The van der Waals surface area contributed by atoms with Crippen LogP contribution in [0.2, 0.25) is 0 Å². The maximum absolute atomic E-state index is 7.12. The molecule has 25 aromatic rings. The molecule has 0 N–H and O–H groups in total. The first-order valence-electron chi connectivity index (χ1n) is 49.1. The molecule has 0 atom stereocenters. The van der Waals surface area contributed by atoms with E-state index in [-0.39, 0.29) is 10.8 Å². The van der Waals surface area contributed by atoms with Gasteiger partial charge < -0.3 is 13.4 Å². The molecule has 144 heavy (non-hydrogen) atoms. The highest BCUT2D eigenvalue weighted by Crippen LogP contribution is 2.65. The summed E-state index contributed by atoms with van der Waals surface area (Å²) < 4.78 is 20.0. The molecule has 14 heteroatoms. The second-order valence-corrected chi connectivity index (χ2v) is 40.3. The Morgan fingerprint density at radius 2 is 0.736 bits per heavy atom. The van der Waals surface area contributed by atoms with E-state index in [2.05, 4.69) is 382 Å². The lowest BCUT2D eigenvalue weighted by molar-refractivity contribution is 0.624. The van der Waals surface area contributed by atoms with E-state index >= 15 is 0 Å². The summed E-state index contributed by atoms with van der Waals surface area (Å²) in [6.45, 7) is 14.1. The van der Waals surface area contributed by atoms with Crippen LogP contribution in [-0.2, 0) is 16.2 Å². The van der Waals surface area contributed by atoms with Gasteiger partial charge in [0.15, 0.2) is 34.8 Å². The van der Waals surface area contributed by atoms with Crippen molar-refractivity contribution in [1.29, 1.82) is 0 Å². The van der Waals surface area contributed by atoms with E-state index in [1.54, 1.807) is 11.3 Å². The molecule has 0 spiro atoms. The lowest BCUT2D eigenvalue weighted by Gasteiger charge is -2.29. The highest BCUT2D eigenvalue weighted by Gasteiger charge is 2.50. The first kappa shape index (κ1) is 84.0. The number of aromatic nitrogens is 9. The number of rotatable bonds is 8. The highest BCUT2D eigenvalue weighted by molar-refractivity contribution is 7.23. The number of benzene rings is 18. The molecule has 3 aliphatic heterocycles. The number of thiophene rings is 1. The fourth-order valence-electron chi connectivity index (χ4n) is 23.4. The summed E-state index contributed by atoms with van der Waals surface area (Å²) in [6, 6.07) is 152. The molecule has 0 radical (unpaired) electrons. The summed E-state index contributed by atoms with van der Waals surface area (Å²) in [6.07, 6.45) is 0. The first-order valence-corrected chi connectivity index (χ1v) is 49.9. The van der Waals surface area contributed by atoms with Gasteiger partial charge in [-0.2, -0.15) is 19.9 Å². The van der Waals surface area contributed by atoms with Crippen molar-refractivity contribution in [3.05, 3.63) is 470 Å². The van der Waals surface area contributed by atoms with Gasteiger partial charge in [-0.3, -0.25) is 14.4 Å². The van der Waals surface area contributed by atoms with Crippen LogP contribution in [0.4, 0.5) is 29.0 Å². The summed E-state index contributed by atoms with van der Waals surface area (Å²) >= 11 is 1.80. The normalized spacial score (nSPS) is 13.9. The Labute approximate surface area is 835 Å². The molecule has 18 aromatic carbocycles. The van der Waals surface area contributed by atoms with Crippen molar-refractivity contribution >= 4 is 127 Å². The molecule has 2 aliphatic carbocycles. The van der Waals surface area contributed by atoms with E-state index in [9.17, 15) is 0 Å². The first-order chi connectivity index (χ1) is 70.7. The highest BCUT2D eigenvalue weighted by atomic mass is 32.1. The number of para-hydroxylation sites is 6. The molecule has 682 valence electrons. The zero-order chi connectivity index (χ0) is 96.0. The van der Waals surface area contributed by atoms with Crippen LogP contribution in [0.15, 0.2) is 440 Å². The fourth-order valence-corrected chi connectivity index (χ4v) is 24.7. The monoisotopic (exact) mass is 1870 g/mol. The molecule has 13 nitrogen and oxygen atoms in total. The summed E-state index contributed by atoms with van der Waals surface area (Å²) in [5.41, 5.74) is 33.8. The molecule has 10 heterocycles. The Kier molecular flexibility index (Phi) is 19.0. The van der Waals surface area contributed by atoms with E-state index < -0.39 is 5.41 Å². The van der Waals surface area contributed by atoms with Gasteiger partial charge in [-0.25, -0.2) is 15.0 Å². The number of anilines is 5. The van der Waals surface area contributed by atoms with Crippen molar-refractivity contribution in [2.75, 3.05) is 9.80 Å². The predicted octanol–water partition coefficient (Wildman–Crippen LogP) is 33.8. The summed E-state index contributed by atoms with van der Waals surface area (Å²) in [5, 5.41) is 9.11. The van der Waals surface area contributed by atoms with Crippen molar-refractivity contribution in [2.45, 2.75) is 57.8 Å². The molecule has 0 amide bonds. The Morgan fingerprint density at radius 1 is 0.271 bits per heavy atom. The molecule has 0 saturated carbocycles. The van der Waals surface area contributed by atoms with Gasteiger partial charge in [0.1, 0.15) is 28.4 Å². The average molecular weight is 1870 g/mol. The lowest BCUT2D eigenvalue weighted by atomic mass is 9.74. The molecule has 0 unspecified atom stereocenters. The van der Waals surface area contributed by atoms with Gasteiger partial charge in [-0.05, 0) is 150 Å². The fraction of sp³-hybridized carbons (Fsp3) is 0.0692. The number of hydrogen-bond acceptors (Lipinski definition) is 12. The number of nitrogens with zero attached hydrogens (tertiary/aromatic N) is 11. The van der Waals surface area contributed by atoms with Crippen LogP contribution >= 0.6 is 11.3 Å². The summed E-state index contributed by atoms with van der Waals surface area (Å²) in [7, 11) is 0. The quantitative estimate of drug-likeness (QED) is 0.144. The van der Waals surface area contributed by atoms with Crippen LogP contribution < -0.4 is 9.80 Å². The molecule has 30 rings (SSSR count). The number of furan rings is 2. The Morgan fingerprint density at radius 3 is 1.38 bits per heavy atom. The maximum Gasteiger partial charge on any atom is 0.238 e. The zero-order valence-electron chi connectivity index (χ0n) is 79.6. The number of hydrogen-bond donors (Lipinski definition) is 0. The van der Waals surface area contributed by atoms with Crippen molar-refractivity contribution < 1.29 is 8.83 Å². The zero-order valence-corrected chi connectivity index (χ0v) is 80.5. The van der Waals surface area contributed by atoms with Crippen molar-refractivity contribution in [2.24, 2.45) is 0 Å². The standard InChI is InChI=1S/C48H33N5O.C41H24N4OS.C41H32N2/c1-48(2)36-27-15-12-24-33(36)41-40(48)39-35-26-14-17-29-38(35)54-44(39)43-42(34-25-13-16-28-37(34)52(43)32-22-10-5-11-23-32)53(41)47-50-45(30-18-6-3-7-19-30)49-46(51-47)31-20-8-4-9-21-31;1-3-14-26(15-4-1)39-42-40(27-16-5-2-6-17-27)44-41(43-39)45-31-24-23-25-13-7-8-18-28(25)34(31)38-35(30-20-10-12-22-33(30)47-38)37-36(45)29-19-9-11-21-32(29)46-37;1-40(2)30-16-8-7-14-29(30)37-28(15-11-17-31(37)40)26-21-23-35-33(24-26)41(3,4)32-22-20-25-12-5-6-13-27(25)38(32)39-42-34-18-9-10-19-36(34)43(35)39/h3-29H,1-2H3;1-24H;5-24H,1-4H3. The van der Waals surface area contributed by atoms with Gasteiger partial charge in [0.2, 0.25) is 11.9 Å². The average Bonchev–Trinajstić information content (AvgIpc) is 1.50. The largest absolute Gasteiger partial charge is 0.454 e. The van der Waals surface area contributed by atoms with Gasteiger partial charge >= 0.3 is 0 Å². The van der Waals surface area contributed by atoms with E-state index in [1.165, 1.54) is 98.0 Å². The second kappa shape index (κ2) is 32.5. The molecular weight excluding hydrogens is 1780 g/mol. The van der Waals surface area contributed by atoms with Crippen molar-refractivity contribution in [3.8, 4) is 124 Å². The van der Waals surface area contributed by atoms with E-state index in [0.29, 0.717) is 35.2 Å². The molecule has 7 aromatic heterocycles. The van der Waals surface area contributed by atoms with Crippen LogP contribution in [0, 0.1) is 0 Å². The molecule has 0 fully saturated rings. The van der Waals surface area contributed by atoms with Gasteiger partial charge in [0, 0.05) is 103 Å². The van der Waals surface area contributed by atoms with Crippen LogP contribution in [0.1, 0.15) is 80.5 Å². The topological polar surface area (TPSA) is 133 Å². The van der Waals surface area contributed by atoms with E-state index in [0.717, 1.165) is 145 Å². The van der Waals surface area contributed by atoms with Gasteiger partial charge in [-0.1, -0.05) is 399 Å². The van der Waals surface area contributed by atoms with Gasteiger partial charge in [-0.15, -0.1) is 11.3 Å². The molecular formula is C130H89N11O2S. The minimum atomic E-state index is -0.403. The number of imidazole rings is 1. The molecule has 0 saturated heterocycles. The van der Waals surface area contributed by atoms with Gasteiger partial charge in [0.05, 0.1) is 39.3 Å². The molecule has 0 bridgehead atoms. The lowest BCUT2D eigenvalue weighted by Crippen LogP contribution is -2.20. The number of allylic oxidation sites excluding steroid dienone is 1. The third kappa shape index (κ3) is 12.8. The minimum Gasteiger partial charge on any atom is -0.454 e. The van der Waals surface area contributed by atoms with E-state index in [4.69, 9.17) is 43.7 Å². The maximum atomic E-state index is 7.12. The van der Waals surface area contributed by atoms with E-state index in [1.807, 2.05) is 109 Å².